The number of hydrogen-bond acceptors (Lipinski definition) is 4. The number of methoxy groups -OCH3 is 1. The lowest BCUT2D eigenvalue weighted by atomic mass is 9.88. The fourth-order valence-electron chi connectivity index (χ4n) is 3.41. The number of esters is 1. The van der Waals surface area contributed by atoms with Gasteiger partial charge >= 0.3 is 5.97 Å². The highest BCUT2D eigenvalue weighted by molar-refractivity contribution is 7.13. The Balaban J connectivity index is 2.00. The van der Waals surface area contributed by atoms with Gasteiger partial charge in [0.1, 0.15) is 0 Å². The molecule has 2 aromatic heterocycles. The Morgan fingerprint density at radius 2 is 2.00 bits per heavy atom. The zero-order valence-corrected chi connectivity index (χ0v) is 14.6. The van der Waals surface area contributed by atoms with E-state index in [0.717, 1.165) is 21.8 Å². The third-order valence-corrected chi connectivity index (χ3v) is 5.35. The first-order chi connectivity index (χ1) is 12.1. The molecule has 0 radical (unpaired) electrons. The number of anilines is 1. The fourth-order valence-corrected chi connectivity index (χ4v) is 4.15. The van der Waals surface area contributed by atoms with Gasteiger partial charge in [-0.25, -0.2) is 4.79 Å². The molecule has 1 unspecified atom stereocenters. The lowest BCUT2D eigenvalue weighted by Gasteiger charge is -2.12. The number of hydrogen-bond donors (Lipinski definition) is 2. The summed E-state index contributed by atoms with van der Waals surface area (Å²) in [7, 11) is 1.35. The first-order valence-corrected chi connectivity index (χ1v) is 8.74. The van der Waals surface area contributed by atoms with Crippen molar-refractivity contribution in [1.82, 2.24) is 4.98 Å². The topological polar surface area (TPSA) is 71.2 Å². The van der Waals surface area contributed by atoms with Crippen LogP contribution in [0.4, 0.5) is 5.69 Å². The first-order valence-electron chi connectivity index (χ1n) is 7.86. The average Bonchev–Trinajstić information content (AvgIpc) is 3.30. The van der Waals surface area contributed by atoms with Crippen LogP contribution in [0, 0.1) is 6.92 Å². The monoisotopic (exact) mass is 352 g/mol. The summed E-state index contributed by atoms with van der Waals surface area (Å²) in [6, 6.07) is 11.5. The van der Waals surface area contributed by atoms with E-state index in [-0.39, 0.29) is 5.91 Å². The number of aromatic amines is 1. The molecule has 1 amide bonds. The quantitative estimate of drug-likeness (QED) is 0.702. The first kappa shape index (κ1) is 15.7. The van der Waals surface area contributed by atoms with Crippen molar-refractivity contribution in [2.24, 2.45) is 0 Å². The molecule has 0 saturated heterocycles. The van der Waals surface area contributed by atoms with Gasteiger partial charge in [-0.2, -0.15) is 0 Å². The Morgan fingerprint density at radius 1 is 1.20 bits per heavy atom. The number of aromatic nitrogens is 1. The highest BCUT2D eigenvalue weighted by Gasteiger charge is 2.38. The number of fused-ring (bicyclic) bond motifs is 1. The average molecular weight is 352 g/mol. The molecule has 0 aliphatic carbocycles. The normalized spacial score (nSPS) is 15.8. The van der Waals surface area contributed by atoms with E-state index in [1.807, 2.05) is 48.7 Å². The van der Waals surface area contributed by atoms with Crippen molar-refractivity contribution in [3.63, 3.8) is 0 Å². The lowest BCUT2D eigenvalue weighted by Crippen LogP contribution is -2.17. The number of H-pyrrole nitrogens is 1. The van der Waals surface area contributed by atoms with Crippen molar-refractivity contribution < 1.29 is 14.3 Å². The molecule has 6 heteroatoms. The molecule has 2 N–H and O–H groups in total. The predicted octanol–water partition coefficient (Wildman–Crippen LogP) is 3.92. The second-order valence-corrected chi connectivity index (χ2v) is 6.84. The number of rotatable bonds is 3. The summed E-state index contributed by atoms with van der Waals surface area (Å²) in [5.41, 5.74) is 4.25. The Kier molecular flexibility index (Phi) is 3.69. The molecular formula is C19H16N2O3S. The van der Waals surface area contributed by atoms with E-state index in [1.165, 1.54) is 7.11 Å². The third kappa shape index (κ3) is 2.37. The molecule has 126 valence electrons. The van der Waals surface area contributed by atoms with Crippen molar-refractivity contribution >= 4 is 28.9 Å². The number of carbonyl (C=O) groups is 2. The van der Waals surface area contributed by atoms with Crippen LogP contribution in [0.15, 0.2) is 41.8 Å². The SMILES string of the molecule is COC(=O)c1c(C)[nH]c(-c2cccs2)c1C1C(=O)Nc2ccccc21. The highest BCUT2D eigenvalue weighted by atomic mass is 32.1. The van der Waals surface area contributed by atoms with Gasteiger partial charge < -0.3 is 15.0 Å². The van der Waals surface area contributed by atoms with E-state index in [1.54, 1.807) is 11.3 Å². The van der Waals surface area contributed by atoms with Crippen LogP contribution in [0.25, 0.3) is 10.6 Å². The van der Waals surface area contributed by atoms with Gasteiger partial charge in [0, 0.05) is 16.9 Å². The zero-order chi connectivity index (χ0) is 17.6. The van der Waals surface area contributed by atoms with Crippen LogP contribution < -0.4 is 5.32 Å². The molecule has 0 saturated carbocycles. The van der Waals surface area contributed by atoms with E-state index < -0.39 is 11.9 Å². The van der Waals surface area contributed by atoms with Crippen molar-refractivity contribution in [3.05, 3.63) is 64.2 Å². The summed E-state index contributed by atoms with van der Waals surface area (Å²) in [4.78, 5) is 29.5. The number of nitrogens with one attached hydrogen (secondary N) is 2. The van der Waals surface area contributed by atoms with Crippen LogP contribution in [0.3, 0.4) is 0 Å². The Bertz CT molecular complexity index is 973. The van der Waals surface area contributed by atoms with Gasteiger partial charge in [0.25, 0.3) is 0 Å². The maximum Gasteiger partial charge on any atom is 0.340 e. The van der Waals surface area contributed by atoms with Crippen LogP contribution in [0.2, 0.25) is 0 Å². The van der Waals surface area contributed by atoms with Gasteiger partial charge in [0.15, 0.2) is 0 Å². The summed E-state index contributed by atoms with van der Waals surface area (Å²) in [6.45, 7) is 1.83. The van der Waals surface area contributed by atoms with Crippen LogP contribution in [-0.2, 0) is 9.53 Å². The van der Waals surface area contributed by atoms with E-state index in [9.17, 15) is 9.59 Å². The molecule has 1 aromatic carbocycles. The maximum atomic E-state index is 12.8. The van der Waals surface area contributed by atoms with Crippen molar-refractivity contribution in [1.29, 1.82) is 0 Å². The minimum absolute atomic E-state index is 0.136. The zero-order valence-electron chi connectivity index (χ0n) is 13.8. The molecule has 1 aliphatic heterocycles. The van der Waals surface area contributed by atoms with E-state index >= 15 is 0 Å². The van der Waals surface area contributed by atoms with E-state index in [0.29, 0.717) is 16.8 Å². The molecule has 1 aliphatic rings. The van der Waals surface area contributed by atoms with Crippen molar-refractivity contribution in [2.45, 2.75) is 12.8 Å². The minimum Gasteiger partial charge on any atom is -0.465 e. The molecular weight excluding hydrogens is 336 g/mol. The fraction of sp³-hybridized carbons (Fsp3) is 0.158. The molecule has 0 bridgehead atoms. The van der Waals surface area contributed by atoms with Crippen molar-refractivity contribution in [2.75, 3.05) is 12.4 Å². The van der Waals surface area contributed by atoms with Gasteiger partial charge in [-0.1, -0.05) is 24.3 Å². The largest absolute Gasteiger partial charge is 0.465 e. The van der Waals surface area contributed by atoms with Crippen molar-refractivity contribution in [3.8, 4) is 10.6 Å². The highest BCUT2D eigenvalue weighted by Crippen LogP contribution is 2.44. The molecule has 5 nitrogen and oxygen atoms in total. The number of carbonyl (C=O) groups excluding carboxylic acids is 2. The van der Waals surface area contributed by atoms with Crippen LogP contribution in [0.5, 0.6) is 0 Å². The van der Waals surface area contributed by atoms with Crippen LogP contribution in [-0.4, -0.2) is 24.0 Å². The van der Waals surface area contributed by atoms with Gasteiger partial charge in [-0.3, -0.25) is 4.79 Å². The Morgan fingerprint density at radius 3 is 2.72 bits per heavy atom. The summed E-state index contributed by atoms with van der Waals surface area (Å²) >= 11 is 1.56. The van der Waals surface area contributed by atoms with Gasteiger partial charge in [-0.15, -0.1) is 11.3 Å². The summed E-state index contributed by atoms with van der Waals surface area (Å²) in [6.07, 6.45) is 0. The molecule has 3 aromatic rings. The molecule has 1 atom stereocenters. The molecule has 25 heavy (non-hydrogen) atoms. The van der Waals surface area contributed by atoms with Gasteiger partial charge in [0.05, 0.1) is 29.2 Å². The number of benzene rings is 1. The number of amides is 1. The van der Waals surface area contributed by atoms with Crippen LogP contribution in [0.1, 0.15) is 33.1 Å². The van der Waals surface area contributed by atoms with Gasteiger partial charge in [-0.05, 0) is 30.0 Å². The minimum atomic E-state index is -0.549. The predicted molar refractivity (Wildman–Crippen MR) is 97.1 cm³/mol. The number of thiophene rings is 1. The summed E-state index contributed by atoms with van der Waals surface area (Å²) < 4.78 is 4.98. The second-order valence-electron chi connectivity index (χ2n) is 5.89. The Labute approximate surface area is 148 Å². The molecule has 3 heterocycles. The van der Waals surface area contributed by atoms with E-state index in [2.05, 4.69) is 10.3 Å². The summed E-state index contributed by atoms with van der Waals surface area (Å²) in [5.74, 6) is -1.13. The lowest BCUT2D eigenvalue weighted by molar-refractivity contribution is -0.116. The number of para-hydroxylation sites is 1. The van der Waals surface area contributed by atoms with Gasteiger partial charge in [0.2, 0.25) is 5.91 Å². The maximum absolute atomic E-state index is 12.8. The standard InChI is InChI=1S/C19H16N2O3S/c1-10-14(19(23)24-2)16(17(20-10)13-8-5-9-25-13)15-11-6-3-4-7-12(11)21-18(15)22/h3-9,15,20H,1-2H3,(H,21,22). The smallest absolute Gasteiger partial charge is 0.340 e. The second kappa shape index (κ2) is 5.89. The molecule has 0 fully saturated rings. The van der Waals surface area contributed by atoms with Crippen LogP contribution >= 0.6 is 11.3 Å². The van der Waals surface area contributed by atoms with E-state index in [4.69, 9.17) is 4.74 Å². The summed E-state index contributed by atoms with van der Waals surface area (Å²) in [5, 5.41) is 4.88. The molecule has 0 spiro atoms. The number of aryl methyl sites for hydroxylation is 1. The third-order valence-electron chi connectivity index (χ3n) is 4.46. The Hall–Kier alpha value is -2.86. The number of ether oxygens (including phenoxy) is 1. The molecule has 4 rings (SSSR count).